The highest BCUT2D eigenvalue weighted by molar-refractivity contribution is 5.81. The Morgan fingerprint density at radius 1 is 1.29 bits per heavy atom. The minimum absolute atomic E-state index is 0.00600. The number of carbonyl (C=O) groups excluding carboxylic acids is 1. The molecule has 1 amide bonds. The monoisotopic (exact) mass is 326 g/mol. The van der Waals surface area contributed by atoms with Crippen molar-refractivity contribution >= 4 is 5.91 Å². The lowest BCUT2D eigenvalue weighted by Crippen LogP contribution is -2.47. The lowest BCUT2D eigenvalue weighted by molar-refractivity contribution is -0.127. The molecule has 0 spiro atoms. The van der Waals surface area contributed by atoms with Crippen molar-refractivity contribution in [2.45, 2.75) is 44.8 Å². The lowest BCUT2D eigenvalue weighted by Gasteiger charge is -2.31. The lowest BCUT2D eigenvalue weighted by atomic mass is 10.0. The number of rotatable bonds is 6. The summed E-state index contributed by atoms with van der Waals surface area (Å²) >= 11 is 0. The van der Waals surface area contributed by atoms with E-state index in [1.165, 1.54) is 12.0 Å². The molecule has 1 aliphatic rings. The minimum Gasteiger partial charge on any atom is -0.348 e. The number of likely N-dealkylation sites (N-methyl/N-ethyl adjacent to an activating group) is 1. The van der Waals surface area contributed by atoms with Crippen LogP contribution in [0.3, 0.4) is 0 Å². The molecule has 0 aliphatic carbocycles. The van der Waals surface area contributed by atoms with Crippen LogP contribution in [0.4, 0.5) is 0 Å². The Balaban J connectivity index is 1.52. The summed E-state index contributed by atoms with van der Waals surface area (Å²) in [7, 11) is 2.03. The van der Waals surface area contributed by atoms with Gasteiger partial charge in [0.05, 0.1) is 12.6 Å². The summed E-state index contributed by atoms with van der Waals surface area (Å²) in [4.78, 5) is 19.0. The van der Waals surface area contributed by atoms with Gasteiger partial charge in [-0.15, -0.1) is 0 Å². The maximum atomic E-state index is 12.4. The van der Waals surface area contributed by atoms with E-state index in [1.807, 2.05) is 19.3 Å². The number of amides is 1. The molecule has 0 bridgehead atoms. The molecule has 128 valence electrons. The Bertz CT molecular complexity index is 652. The number of hydrogen-bond donors (Lipinski definition) is 1. The van der Waals surface area contributed by atoms with Crippen LogP contribution in [0.15, 0.2) is 42.7 Å². The maximum Gasteiger partial charge on any atom is 0.237 e. The van der Waals surface area contributed by atoms with Gasteiger partial charge < -0.3 is 9.88 Å². The highest BCUT2D eigenvalue weighted by Gasteiger charge is 2.25. The number of aryl methyl sites for hydroxylation is 2. The van der Waals surface area contributed by atoms with Crippen molar-refractivity contribution in [3.63, 3.8) is 0 Å². The van der Waals surface area contributed by atoms with Crippen molar-refractivity contribution in [3.8, 4) is 0 Å². The van der Waals surface area contributed by atoms with Gasteiger partial charge in [-0.25, -0.2) is 4.98 Å². The van der Waals surface area contributed by atoms with E-state index in [1.54, 1.807) is 6.20 Å². The molecule has 1 fully saturated rings. The topological polar surface area (TPSA) is 50.2 Å². The van der Waals surface area contributed by atoms with Gasteiger partial charge in [0.2, 0.25) is 5.91 Å². The number of imidazole rings is 1. The Labute approximate surface area is 143 Å². The zero-order chi connectivity index (χ0) is 16.8. The minimum atomic E-state index is 0.00600. The molecule has 1 aromatic heterocycles. The number of piperidine rings is 1. The molecule has 2 aromatic rings. The summed E-state index contributed by atoms with van der Waals surface area (Å²) in [6.07, 6.45) is 8.02. The second kappa shape index (κ2) is 8.11. The van der Waals surface area contributed by atoms with E-state index in [2.05, 4.69) is 44.0 Å². The van der Waals surface area contributed by atoms with E-state index in [4.69, 9.17) is 0 Å². The second-order valence-electron chi connectivity index (χ2n) is 6.48. The van der Waals surface area contributed by atoms with Crippen LogP contribution in [0, 0.1) is 0 Å². The predicted molar refractivity (Wildman–Crippen MR) is 94.5 cm³/mol. The number of likely N-dealkylation sites (tertiary alicyclic amines) is 1. The summed E-state index contributed by atoms with van der Waals surface area (Å²) in [6, 6.07) is 10.4. The van der Waals surface area contributed by atoms with Crippen LogP contribution < -0.4 is 5.32 Å². The molecular formula is C19H26N4O. The number of nitrogens with zero attached hydrogens (tertiary/aromatic N) is 3. The summed E-state index contributed by atoms with van der Waals surface area (Å²) in [5, 5.41) is 3.06. The molecular weight excluding hydrogens is 300 g/mol. The van der Waals surface area contributed by atoms with Gasteiger partial charge in [-0.05, 0) is 38.4 Å². The van der Waals surface area contributed by atoms with Gasteiger partial charge in [-0.2, -0.15) is 0 Å². The van der Waals surface area contributed by atoms with Gasteiger partial charge in [0, 0.05) is 18.9 Å². The predicted octanol–water partition coefficient (Wildman–Crippen LogP) is 2.23. The summed E-state index contributed by atoms with van der Waals surface area (Å²) in [6.45, 7) is 2.37. The molecule has 0 saturated carbocycles. The molecule has 2 heterocycles. The average Bonchev–Trinajstić information content (AvgIpc) is 3.06. The smallest absolute Gasteiger partial charge is 0.237 e. The molecule has 1 atom stereocenters. The van der Waals surface area contributed by atoms with Gasteiger partial charge in [0.1, 0.15) is 5.82 Å². The van der Waals surface area contributed by atoms with Gasteiger partial charge in [0.25, 0.3) is 0 Å². The van der Waals surface area contributed by atoms with Crippen molar-refractivity contribution in [1.29, 1.82) is 0 Å². The van der Waals surface area contributed by atoms with Gasteiger partial charge in [-0.1, -0.05) is 36.8 Å². The fourth-order valence-electron chi connectivity index (χ4n) is 3.30. The van der Waals surface area contributed by atoms with E-state index in [0.717, 1.165) is 38.2 Å². The van der Waals surface area contributed by atoms with Crippen molar-refractivity contribution < 1.29 is 4.79 Å². The van der Waals surface area contributed by atoms with Crippen LogP contribution in [0.1, 0.15) is 30.7 Å². The van der Waals surface area contributed by atoms with Crippen LogP contribution in [-0.2, 0) is 24.3 Å². The Hall–Kier alpha value is -2.14. The highest BCUT2D eigenvalue weighted by atomic mass is 16.2. The van der Waals surface area contributed by atoms with E-state index < -0.39 is 0 Å². The normalized spacial score (nSPS) is 18.5. The van der Waals surface area contributed by atoms with Crippen LogP contribution >= 0.6 is 0 Å². The summed E-state index contributed by atoms with van der Waals surface area (Å²) < 4.78 is 2.12. The Morgan fingerprint density at radius 3 is 2.92 bits per heavy atom. The fourth-order valence-corrected chi connectivity index (χ4v) is 3.30. The average molecular weight is 326 g/mol. The zero-order valence-corrected chi connectivity index (χ0v) is 14.3. The molecule has 5 nitrogen and oxygen atoms in total. The molecule has 3 rings (SSSR count). The van der Waals surface area contributed by atoms with Crippen LogP contribution in [0.25, 0.3) is 0 Å². The number of nitrogens with one attached hydrogen (secondary N) is 1. The third kappa shape index (κ3) is 4.23. The van der Waals surface area contributed by atoms with Gasteiger partial charge in [-0.3, -0.25) is 9.69 Å². The summed E-state index contributed by atoms with van der Waals surface area (Å²) in [5.41, 5.74) is 1.31. The Kier molecular flexibility index (Phi) is 5.64. The summed E-state index contributed by atoms with van der Waals surface area (Å²) in [5.74, 6) is 1.03. The van der Waals surface area contributed by atoms with Crippen LogP contribution in [0.5, 0.6) is 0 Å². The fraction of sp³-hybridized carbons (Fsp3) is 0.474. The van der Waals surface area contributed by atoms with Crippen molar-refractivity contribution in [3.05, 3.63) is 54.1 Å². The molecule has 5 heteroatoms. The molecule has 1 N–H and O–H groups in total. The van der Waals surface area contributed by atoms with Crippen LogP contribution in [-0.4, -0.2) is 40.0 Å². The molecule has 0 radical (unpaired) electrons. The first-order valence-electron chi connectivity index (χ1n) is 8.76. The SMILES string of the molecule is CN1CCCC[C@H]1C(=O)NCc1nccn1CCc1ccccc1. The van der Waals surface area contributed by atoms with Crippen LogP contribution in [0.2, 0.25) is 0 Å². The van der Waals surface area contributed by atoms with Crippen molar-refractivity contribution in [2.24, 2.45) is 0 Å². The van der Waals surface area contributed by atoms with Gasteiger partial charge in [0.15, 0.2) is 0 Å². The third-order valence-corrected chi connectivity index (χ3v) is 4.78. The Morgan fingerprint density at radius 2 is 2.12 bits per heavy atom. The van der Waals surface area contributed by atoms with Crippen molar-refractivity contribution in [2.75, 3.05) is 13.6 Å². The molecule has 24 heavy (non-hydrogen) atoms. The standard InChI is InChI=1S/C19H26N4O/c1-22-12-6-5-9-17(22)19(24)21-15-18-20-11-14-23(18)13-10-16-7-3-2-4-8-16/h2-4,7-8,11,14,17H,5-6,9-10,12-13,15H2,1H3,(H,21,24)/t17-/m0/s1. The van der Waals surface area contributed by atoms with Gasteiger partial charge >= 0.3 is 0 Å². The van der Waals surface area contributed by atoms with E-state index in [-0.39, 0.29) is 11.9 Å². The second-order valence-corrected chi connectivity index (χ2v) is 6.48. The number of aromatic nitrogens is 2. The van der Waals surface area contributed by atoms with E-state index in [0.29, 0.717) is 6.54 Å². The molecule has 1 saturated heterocycles. The number of hydrogen-bond acceptors (Lipinski definition) is 3. The maximum absolute atomic E-state index is 12.4. The first kappa shape index (κ1) is 16.7. The molecule has 1 aliphatic heterocycles. The van der Waals surface area contributed by atoms with E-state index in [9.17, 15) is 4.79 Å². The largest absolute Gasteiger partial charge is 0.348 e. The zero-order valence-electron chi connectivity index (χ0n) is 14.3. The molecule has 1 aromatic carbocycles. The van der Waals surface area contributed by atoms with E-state index >= 15 is 0 Å². The third-order valence-electron chi connectivity index (χ3n) is 4.78. The first-order valence-corrected chi connectivity index (χ1v) is 8.76. The van der Waals surface area contributed by atoms with Crippen molar-refractivity contribution in [1.82, 2.24) is 19.8 Å². The first-order chi connectivity index (χ1) is 11.7. The number of benzene rings is 1. The number of carbonyl (C=O) groups is 1. The highest BCUT2D eigenvalue weighted by Crippen LogP contribution is 2.15. The quantitative estimate of drug-likeness (QED) is 0.885. The molecule has 0 unspecified atom stereocenters.